The highest BCUT2D eigenvalue weighted by Gasteiger charge is 2.37. The Morgan fingerprint density at radius 2 is 1.96 bits per heavy atom. The first-order valence-electron chi connectivity index (χ1n) is 8.83. The standard InChI is InChI=1S/C21H22ClN3O3/c1-4-10-25-17-9-8-16(12-18(17)28-13-21(2,3)19(25)26)24-20(27)23-15-7-5-6-14(22)11-15/h4-9,11-12H,1,10,13H2,2-3H3,(H2,23,24,27). The number of carbonyl (C=O) groups is 2. The molecule has 2 aromatic carbocycles. The van der Waals surface area contributed by atoms with Gasteiger partial charge in [-0.2, -0.15) is 0 Å². The third kappa shape index (κ3) is 4.28. The molecule has 3 amide bonds. The molecule has 7 heteroatoms. The molecule has 0 saturated heterocycles. The number of nitrogens with one attached hydrogen (secondary N) is 2. The van der Waals surface area contributed by atoms with Crippen LogP contribution in [0.15, 0.2) is 55.1 Å². The normalized spacial score (nSPS) is 15.1. The molecule has 146 valence electrons. The third-order valence-corrected chi connectivity index (χ3v) is 4.55. The van der Waals surface area contributed by atoms with Crippen molar-refractivity contribution in [3.8, 4) is 5.75 Å². The van der Waals surface area contributed by atoms with Crippen molar-refractivity contribution in [1.29, 1.82) is 0 Å². The molecule has 0 atom stereocenters. The van der Waals surface area contributed by atoms with Crippen LogP contribution in [0.4, 0.5) is 21.9 Å². The predicted octanol–water partition coefficient (Wildman–Crippen LogP) is 4.92. The van der Waals surface area contributed by atoms with E-state index in [0.717, 1.165) is 0 Å². The fraction of sp³-hybridized carbons (Fsp3) is 0.238. The second-order valence-electron chi connectivity index (χ2n) is 7.15. The molecule has 2 aromatic rings. The minimum atomic E-state index is -0.667. The lowest BCUT2D eigenvalue weighted by molar-refractivity contribution is -0.127. The molecule has 0 unspecified atom stereocenters. The quantitative estimate of drug-likeness (QED) is 0.716. The average Bonchev–Trinajstić information content (AvgIpc) is 2.72. The summed E-state index contributed by atoms with van der Waals surface area (Å²) in [4.78, 5) is 26.7. The number of anilines is 3. The Labute approximate surface area is 169 Å². The highest BCUT2D eigenvalue weighted by molar-refractivity contribution is 6.30. The Morgan fingerprint density at radius 3 is 2.64 bits per heavy atom. The lowest BCUT2D eigenvalue weighted by atomic mass is 9.93. The SMILES string of the molecule is C=CCN1C(=O)C(C)(C)COc2cc(NC(=O)Nc3cccc(Cl)c3)ccc21. The summed E-state index contributed by atoms with van der Waals surface area (Å²) in [5.74, 6) is 0.492. The summed E-state index contributed by atoms with van der Waals surface area (Å²) >= 11 is 5.93. The number of amides is 3. The molecule has 1 heterocycles. The summed E-state index contributed by atoms with van der Waals surface area (Å²) in [6.07, 6.45) is 1.67. The monoisotopic (exact) mass is 399 g/mol. The van der Waals surface area contributed by atoms with Crippen molar-refractivity contribution in [2.45, 2.75) is 13.8 Å². The molecule has 0 saturated carbocycles. The number of halogens is 1. The molecular weight excluding hydrogens is 378 g/mol. The molecule has 2 N–H and O–H groups in total. The van der Waals surface area contributed by atoms with Crippen molar-refractivity contribution < 1.29 is 14.3 Å². The number of rotatable bonds is 4. The van der Waals surface area contributed by atoms with Gasteiger partial charge in [0.2, 0.25) is 5.91 Å². The smallest absolute Gasteiger partial charge is 0.323 e. The van der Waals surface area contributed by atoms with E-state index in [4.69, 9.17) is 16.3 Å². The van der Waals surface area contributed by atoms with Crippen molar-refractivity contribution in [3.63, 3.8) is 0 Å². The zero-order valence-electron chi connectivity index (χ0n) is 15.8. The number of hydrogen-bond donors (Lipinski definition) is 2. The van der Waals surface area contributed by atoms with Gasteiger partial charge in [-0.25, -0.2) is 4.79 Å². The molecule has 28 heavy (non-hydrogen) atoms. The second-order valence-corrected chi connectivity index (χ2v) is 7.59. The largest absolute Gasteiger partial charge is 0.490 e. The van der Waals surface area contributed by atoms with Crippen LogP contribution in [-0.4, -0.2) is 25.1 Å². The van der Waals surface area contributed by atoms with E-state index >= 15 is 0 Å². The predicted molar refractivity (Wildman–Crippen MR) is 112 cm³/mol. The lowest BCUT2D eigenvalue weighted by Crippen LogP contribution is -2.42. The van der Waals surface area contributed by atoms with E-state index < -0.39 is 11.4 Å². The van der Waals surface area contributed by atoms with Gasteiger partial charge in [0.15, 0.2) is 0 Å². The van der Waals surface area contributed by atoms with Crippen LogP contribution in [-0.2, 0) is 4.79 Å². The minimum Gasteiger partial charge on any atom is -0.490 e. The summed E-state index contributed by atoms with van der Waals surface area (Å²) in [5.41, 5.74) is 1.11. The summed E-state index contributed by atoms with van der Waals surface area (Å²) in [5, 5.41) is 6.02. The van der Waals surface area contributed by atoms with Gasteiger partial charge in [-0.3, -0.25) is 4.79 Å². The van der Waals surface area contributed by atoms with Crippen LogP contribution in [0.3, 0.4) is 0 Å². The zero-order valence-corrected chi connectivity index (χ0v) is 16.5. The Kier molecular flexibility index (Phi) is 5.61. The maximum absolute atomic E-state index is 12.8. The third-order valence-electron chi connectivity index (χ3n) is 4.32. The van der Waals surface area contributed by atoms with Crippen LogP contribution < -0.4 is 20.3 Å². The van der Waals surface area contributed by atoms with Gasteiger partial charge < -0.3 is 20.3 Å². The number of carbonyl (C=O) groups excluding carboxylic acids is 2. The molecule has 0 spiro atoms. The van der Waals surface area contributed by atoms with Crippen molar-refractivity contribution in [2.75, 3.05) is 28.7 Å². The van der Waals surface area contributed by atoms with Gasteiger partial charge in [-0.05, 0) is 44.2 Å². The zero-order chi connectivity index (χ0) is 20.3. The van der Waals surface area contributed by atoms with Crippen molar-refractivity contribution in [1.82, 2.24) is 0 Å². The fourth-order valence-electron chi connectivity index (χ4n) is 2.90. The topological polar surface area (TPSA) is 70.7 Å². The second kappa shape index (κ2) is 7.94. The first-order chi connectivity index (χ1) is 13.3. The maximum Gasteiger partial charge on any atom is 0.323 e. The van der Waals surface area contributed by atoms with E-state index in [1.807, 2.05) is 13.8 Å². The number of hydrogen-bond acceptors (Lipinski definition) is 3. The van der Waals surface area contributed by atoms with Gasteiger partial charge in [0.25, 0.3) is 0 Å². The van der Waals surface area contributed by atoms with Gasteiger partial charge in [0, 0.05) is 29.0 Å². The summed E-state index contributed by atoms with van der Waals surface area (Å²) in [7, 11) is 0. The van der Waals surface area contributed by atoms with E-state index in [2.05, 4.69) is 17.2 Å². The maximum atomic E-state index is 12.8. The Morgan fingerprint density at radius 1 is 1.25 bits per heavy atom. The fourth-order valence-corrected chi connectivity index (χ4v) is 3.09. The Hall–Kier alpha value is -2.99. The summed E-state index contributed by atoms with van der Waals surface area (Å²) in [6.45, 7) is 8.03. The Balaban J connectivity index is 1.81. The average molecular weight is 400 g/mol. The Bertz CT molecular complexity index is 927. The first-order valence-corrected chi connectivity index (χ1v) is 9.21. The molecule has 0 radical (unpaired) electrons. The molecule has 6 nitrogen and oxygen atoms in total. The van der Waals surface area contributed by atoms with E-state index in [1.165, 1.54) is 0 Å². The molecule has 1 aliphatic heterocycles. The van der Waals surface area contributed by atoms with Gasteiger partial charge in [-0.15, -0.1) is 6.58 Å². The molecule has 0 bridgehead atoms. The number of ether oxygens (including phenoxy) is 1. The molecule has 0 aromatic heterocycles. The minimum absolute atomic E-state index is 0.0365. The van der Waals surface area contributed by atoms with Crippen LogP contribution in [0.5, 0.6) is 5.75 Å². The van der Waals surface area contributed by atoms with Gasteiger partial charge in [-0.1, -0.05) is 23.7 Å². The van der Waals surface area contributed by atoms with Gasteiger partial charge in [0.1, 0.15) is 12.4 Å². The number of urea groups is 1. The molecular formula is C21H22ClN3O3. The molecule has 0 aliphatic carbocycles. The van der Waals surface area contributed by atoms with E-state index in [-0.39, 0.29) is 12.5 Å². The first kappa shape index (κ1) is 19.8. The molecule has 1 aliphatic rings. The van der Waals surface area contributed by atoms with Crippen LogP contribution in [0, 0.1) is 5.41 Å². The lowest BCUT2D eigenvalue weighted by Gasteiger charge is -2.27. The number of benzene rings is 2. The van der Waals surface area contributed by atoms with Crippen LogP contribution in [0.25, 0.3) is 0 Å². The number of nitrogens with zero attached hydrogens (tertiary/aromatic N) is 1. The van der Waals surface area contributed by atoms with Crippen LogP contribution in [0.1, 0.15) is 13.8 Å². The summed E-state index contributed by atoms with van der Waals surface area (Å²) in [6, 6.07) is 11.7. The molecule has 3 rings (SSSR count). The van der Waals surface area contributed by atoms with Crippen molar-refractivity contribution in [2.24, 2.45) is 5.41 Å². The van der Waals surface area contributed by atoms with E-state index in [9.17, 15) is 9.59 Å². The van der Waals surface area contributed by atoms with E-state index in [1.54, 1.807) is 53.4 Å². The van der Waals surface area contributed by atoms with Crippen LogP contribution >= 0.6 is 11.6 Å². The van der Waals surface area contributed by atoms with Crippen molar-refractivity contribution >= 4 is 40.6 Å². The van der Waals surface area contributed by atoms with Crippen molar-refractivity contribution in [3.05, 3.63) is 60.1 Å². The van der Waals surface area contributed by atoms with Crippen LogP contribution in [0.2, 0.25) is 5.02 Å². The number of fused-ring (bicyclic) bond motifs is 1. The summed E-state index contributed by atoms with van der Waals surface area (Å²) < 4.78 is 5.88. The highest BCUT2D eigenvalue weighted by Crippen LogP contribution is 2.38. The van der Waals surface area contributed by atoms with Gasteiger partial charge >= 0.3 is 6.03 Å². The molecule has 0 fully saturated rings. The van der Waals surface area contributed by atoms with E-state index in [0.29, 0.717) is 34.4 Å². The van der Waals surface area contributed by atoms with Gasteiger partial charge in [0.05, 0.1) is 11.1 Å². The highest BCUT2D eigenvalue weighted by atomic mass is 35.5.